The topological polar surface area (TPSA) is 55.4 Å². The minimum Gasteiger partial charge on any atom is -0.455 e. The molecule has 1 saturated carbocycles. The predicted molar refractivity (Wildman–Crippen MR) is 102 cm³/mol. The van der Waals surface area contributed by atoms with Gasteiger partial charge in [-0.05, 0) is 42.9 Å². The van der Waals surface area contributed by atoms with E-state index in [4.69, 9.17) is 4.74 Å². The molecule has 4 heteroatoms. The molecule has 1 fully saturated rings. The summed E-state index contributed by atoms with van der Waals surface area (Å²) in [5, 5.41) is 2.90. The molecule has 3 rings (SSSR count). The average molecular weight is 351 g/mol. The minimum atomic E-state index is -0.585. The van der Waals surface area contributed by atoms with E-state index in [-0.39, 0.29) is 18.5 Å². The zero-order valence-electron chi connectivity index (χ0n) is 15.4. The second-order valence-corrected chi connectivity index (χ2v) is 6.89. The van der Waals surface area contributed by atoms with Crippen LogP contribution in [0.15, 0.2) is 48.5 Å². The molecule has 136 valence electrons. The Labute approximate surface area is 154 Å². The molecule has 1 aliphatic rings. The van der Waals surface area contributed by atoms with Crippen molar-refractivity contribution >= 4 is 17.6 Å². The lowest BCUT2D eigenvalue weighted by Gasteiger charge is -2.39. The van der Waals surface area contributed by atoms with Crippen molar-refractivity contribution in [1.29, 1.82) is 0 Å². The van der Waals surface area contributed by atoms with Gasteiger partial charge >= 0.3 is 5.97 Å². The van der Waals surface area contributed by atoms with Gasteiger partial charge in [0.1, 0.15) is 0 Å². The molecule has 0 bridgehead atoms. The largest absolute Gasteiger partial charge is 0.455 e. The standard InChI is InChI=1S/C22H25NO3/c1-3-17-10-7-9-16(2)20(17)23-19(24)15-26-21(25)22(13-8-14-22)18-11-5-4-6-12-18/h4-7,9-12H,3,8,13-15H2,1-2H3,(H,23,24). The second-order valence-electron chi connectivity index (χ2n) is 6.89. The Kier molecular flexibility index (Phi) is 5.40. The first-order valence-electron chi connectivity index (χ1n) is 9.18. The van der Waals surface area contributed by atoms with E-state index < -0.39 is 5.41 Å². The fourth-order valence-corrected chi connectivity index (χ4v) is 3.54. The third-order valence-electron chi connectivity index (χ3n) is 5.26. The molecule has 0 aliphatic heterocycles. The molecule has 0 spiro atoms. The number of hydrogen-bond acceptors (Lipinski definition) is 3. The summed E-state index contributed by atoms with van der Waals surface area (Å²) in [6.07, 6.45) is 3.37. The quantitative estimate of drug-likeness (QED) is 0.795. The van der Waals surface area contributed by atoms with E-state index in [1.165, 1.54) is 0 Å². The Morgan fingerprint density at radius 1 is 1.08 bits per heavy atom. The number of aryl methyl sites for hydroxylation is 2. The lowest BCUT2D eigenvalue weighted by atomic mass is 9.64. The number of amides is 1. The van der Waals surface area contributed by atoms with Crippen molar-refractivity contribution < 1.29 is 14.3 Å². The third-order valence-corrected chi connectivity index (χ3v) is 5.26. The number of nitrogens with one attached hydrogen (secondary N) is 1. The van der Waals surface area contributed by atoms with Crippen molar-refractivity contribution in [2.24, 2.45) is 0 Å². The Balaban J connectivity index is 1.64. The van der Waals surface area contributed by atoms with Gasteiger partial charge in [0.15, 0.2) is 6.61 Å². The van der Waals surface area contributed by atoms with Crippen LogP contribution >= 0.6 is 0 Å². The zero-order valence-corrected chi connectivity index (χ0v) is 15.4. The van der Waals surface area contributed by atoms with Gasteiger partial charge in [0.25, 0.3) is 5.91 Å². The normalized spacial score (nSPS) is 15.0. The van der Waals surface area contributed by atoms with E-state index in [0.29, 0.717) is 0 Å². The Morgan fingerprint density at radius 2 is 1.81 bits per heavy atom. The van der Waals surface area contributed by atoms with Gasteiger partial charge in [0.05, 0.1) is 5.41 Å². The summed E-state index contributed by atoms with van der Waals surface area (Å²) in [4.78, 5) is 25.0. The van der Waals surface area contributed by atoms with Gasteiger partial charge in [-0.15, -0.1) is 0 Å². The molecule has 2 aromatic carbocycles. The fraction of sp³-hybridized carbons (Fsp3) is 0.364. The van der Waals surface area contributed by atoms with Crippen molar-refractivity contribution in [3.63, 3.8) is 0 Å². The molecular weight excluding hydrogens is 326 g/mol. The molecular formula is C22H25NO3. The van der Waals surface area contributed by atoms with Gasteiger partial charge in [-0.25, -0.2) is 0 Å². The van der Waals surface area contributed by atoms with Gasteiger partial charge < -0.3 is 10.1 Å². The van der Waals surface area contributed by atoms with Gasteiger partial charge in [-0.1, -0.05) is 61.9 Å². The summed E-state index contributed by atoms with van der Waals surface area (Å²) in [5.41, 5.74) is 3.29. The number of benzene rings is 2. The summed E-state index contributed by atoms with van der Waals surface area (Å²) < 4.78 is 5.40. The van der Waals surface area contributed by atoms with E-state index >= 15 is 0 Å². The molecule has 0 saturated heterocycles. The Bertz CT molecular complexity index is 794. The molecule has 0 radical (unpaired) electrons. The lowest BCUT2D eigenvalue weighted by molar-refractivity contribution is -0.156. The van der Waals surface area contributed by atoms with Crippen LogP contribution in [0.25, 0.3) is 0 Å². The van der Waals surface area contributed by atoms with Crippen molar-refractivity contribution in [3.8, 4) is 0 Å². The van der Waals surface area contributed by atoms with Crippen LogP contribution in [0, 0.1) is 6.92 Å². The first-order chi connectivity index (χ1) is 12.6. The van der Waals surface area contributed by atoms with E-state index in [1.807, 2.05) is 62.4 Å². The van der Waals surface area contributed by atoms with Crippen LogP contribution in [0.2, 0.25) is 0 Å². The number of anilines is 1. The number of carbonyl (C=O) groups is 2. The Morgan fingerprint density at radius 3 is 2.42 bits per heavy atom. The van der Waals surface area contributed by atoms with Crippen molar-refractivity contribution in [1.82, 2.24) is 0 Å². The minimum absolute atomic E-state index is 0.259. The van der Waals surface area contributed by atoms with Crippen LogP contribution in [0.5, 0.6) is 0 Å². The predicted octanol–water partition coefficient (Wildman–Crippen LogP) is 4.16. The first-order valence-corrected chi connectivity index (χ1v) is 9.18. The number of carbonyl (C=O) groups excluding carboxylic acids is 2. The van der Waals surface area contributed by atoms with Crippen LogP contribution in [0.3, 0.4) is 0 Å². The van der Waals surface area contributed by atoms with Gasteiger partial charge in [-0.3, -0.25) is 9.59 Å². The molecule has 1 aliphatic carbocycles. The van der Waals surface area contributed by atoms with Crippen LogP contribution in [-0.2, 0) is 26.2 Å². The highest BCUT2D eigenvalue weighted by molar-refractivity contribution is 5.95. The molecule has 2 aromatic rings. The monoisotopic (exact) mass is 351 g/mol. The van der Waals surface area contributed by atoms with E-state index in [1.54, 1.807) is 0 Å². The molecule has 0 atom stereocenters. The average Bonchev–Trinajstić information content (AvgIpc) is 2.61. The van der Waals surface area contributed by atoms with Crippen molar-refractivity contribution in [2.45, 2.75) is 44.9 Å². The molecule has 0 aromatic heterocycles. The fourth-order valence-electron chi connectivity index (χ4n) is 3.54. The lowest BCUT2D eigenvalue weighted by Crippen LogP contribution is -2.44. The second kappa shape index (κ2) is 7.73. The molecule has 0 unspecified atom stereocenters. The molecule has 1 N–H and O–H groups in total. The van der Waals surface area contributed by atoms with E-state index in [9.17, 15) is 9.59 Å². The highest BCUT2D eigenvalue weighted by Gasteiger charge is 2.47. The van der Waals surface area contributed by atoms with E-state index in [2.05, 4.69) is 5.32 Å². The SMILES string of the molecule is CCc1cccc(C)c1NC(=O)COC(=O)C1(c2ccccc2)CCC1. The van der Waals surface area contributed by atoms with E-state index in [0.717, 1.165) is 48.1 Å². The first kappa shape index (κ1) is 18.2. The van der Waals surface area contributed by atoms with Crippen LogP contribution in [0.1, 0.15) is 42.9 Å². The van der Waals surface area contributed by atoms with Crippen LogP contribution in [0.4, 0.5) is 5.69 Å². The summed E-state index contributed by atoms with van der Waals surface area (Å²) in [6, 6.07) is 15.6. The highest BCUT2D eigenvalue weighted by atomic mass is 16.5. The summed E-state index contributed by atoms with van der Waals surface area (Å²) in [7, 11) is 0. The summed E-state index contributed by atoms with van der Waals surface area (Å²) in [5.74, 6) is -0.601. The Hall–Kier alpha value is -2.62. The van der Waals surface area contributed by atoms with Crippen LogP contribution < -0.4 is 5.32 Å². The molecule has 0 heterocycles. The highest BCUT2D eigenvalue weighted by Crippen LogP contribution is 2.44. The maximum atomic E-state index is 12.7. The number of ether oxygens (including phenoxy) is 1. The van der Waals surface area contributed by atoms with Crippen molar-refractivity contribution in [3.05, 3.63) is 65.2 Å². The number of rotatable bonds is 6. The molecule has 4 nitrogen and oxygen atoms in total. The number of esters is 1. The maximum absolute atomic E-state index is 12.7. The number of para-hydroxylation sites is 1. The van der Waals surface area contributed by atoms with Gasteiger partial charge in [-0.2, -0.15) is 0 Å². The maximum Gasteiger partial charge on any atom is 0.317 e. The molecule has 1 amide bonds. The third kappa shape index (κ3) is 3.50. The van der Waals surface area contributed by atoms with Crippen LogP contribution in [-0.4, -0.2) is 18.5 Å². The smallest absolute Gasteiger partial charge is 0.317 e. The number of hydrogen-bond donors (Lipinski definition) is 1. The van der Waals surface area contributed by atoms with Gasteiger partial charge in [0.2, 0.25) is 0 Å². The molecule has 26 heavy (non-hydrogen) atoms. The summed E-state index contributed by atoms with van der Waals surface area (Å²) in [6.45, 7) is 3.75. The zero-order chi connectivity index (χ0) is 18.6. The summed E-state index contributed by atoms with van der Waals surface area (Å²) >= 11 is 0. The van der Waals surface area contributed by atoms with Crippen molar-refractivity contribution in [2.75, 3.05) is 11.9 Å². The van der Waals surface area contributed by atoms with Gasteiger partial charge in [0, 0.05) is 5.69 Å².